The van der Waals surface area contributed by atoms with Crippen LogP contribution in [0.25, 0.3) is 0 Å². The summed E-state index contributed by atoms with van der Waals surface area (Å²) in [7, 11) is 0. The average molecular weight is 380 g/mol. The second kappa shape index (κ2) is 12.2. The molecule has 0 atom stereocenters. The molecule has 0 aliphatic heterocycles. The Morgan fingerprint density at radius 1 is 0.826 bits per heavy atom. The summed E-state index contributed by atoms with van der Waals surface area (Å²) in [5.74, 6) is 0.764. The Bertz CT molecular complexity index is 546. The summed E-state index contributed by atoms with van der Waals surface area (Å²) in [6, 6.07) is 3.87. The number of nitrogens with one attached hydrogen (secondary N) is 1. The fraction of sp³-hybridized carbons (Fsp3) is 0.429. The maximum atomic E-state index is 5.64. The van der Waals surface area contributed by atoms with Crippen molar-refractivity contribution in [2.24, 2.45) is 5.73 Å². The number of nitrogens with two attached hydrogens (primary N) is 1. The lowest BCUT2D eigenvalue weighted by Gasteiger charge is -2.07. The molecule has 2 aromatic rings. The lowest BCUT2D eigenvalue weighted by Crippen LogP contribution is -2.10. The number of rotatable bonds is 2. The van der Waals surface area contributed by atoms with Crippen LogP contribution in [0.3, 0.4) is 0 Å². The van der Waals surface area contributed by atoms with Gasteiger partial charge in [0.15, 0.2) is 0 Å². The first-order valence-electron chi connectivity index (χ1n) is 6.83. The molecule has 2 heterocycles. The van der Waals surface area contributed by atoms with E-state index in [-0.39, 0.29) is 0 Å². The zero-order chi connectivity index (χ0) is 17.8. The molecule has 0 aromatic carbocycles. The third-order valence-corrected chi connectivity index (χ3v) is 2.29. The third kappa shape index (κ3) is 14.1. The van der Waals surface area contributed by atoms with Crippen LogP contribution in [0, 0.1) is 0 Å². The van der Waals surface area contributed by atoms with Crippen molar-refractivity contribution in [1.29, 1.82) is 0 Å². The fourth-order valence-electron chi connectivity index (χ4n) is 1.02. The molecular formula is C14H21Cl3N6. The Kier molecular flexibility index (Phi) is 11.6. The molecule has 6 nitrogen and oxygen atoms in total. The largest absolute Gasteiger partial charge is 0.368 e. The Morgan fingerprint density at radius 3 is 1.52 bits per heavy atom. The second-order valence-electron chi connectivity index (χ2n) is 4.93. The zero-order valence-electron chi connectivity index (χ0n) is 13.5. The van der Waals surface area contributed by atoms with Gasteiger partial charge in [-0.2, -0.15) is 0 Å². The highest BCUT2D eigenvalue weighted by molar-refractivity contribution is 6.33. The molecule has 0 amide bonds. The molecule has 0 aliphatic rings. The van der Waals surface area contributed by atoms with Gasteiger partial charge in [-0.1, -0.05) is 48.7 Å². The SMILES string of the molecule is CC(C)N.CC(C)Nc1cc(Cl)ncn1.Clc1cc(Cl)ncn1. The van der Waals surface area contributed by atoms with E-state index >= 15 is 0 Å². The van der Waals surface area contributed by atoms with Crippen molar-refractivity contribution < 1.29 is 0 Å². The Morgan fingerprint density at radius 2 is 1.22 bits per heavy atom. The maximum absolute atomic E-state index is 5.64. The topological polar surface area (TPSA) is 89.6 Å². The lowest BCUT2D eigenvalue weighted by atomic mass is 10.4. The van der Waals surface area contributed by atoms with Crippen molar-refractivity contribution >= 4 is 40.6 Å². The molecule has 0 spiro atoms. The van der Waals surface area contributed by atoms with Gasteiger partial charge < -0.3 is 11.1 Å². The van der Waals surface area contributed by atoms with Crippen LogP contribution in [0.4, 0.5) is 5.82 Å². The van der Waals surface area contributed by atoms with E-state index in [1.54, 1.807) is 6.07 Å². The van der Waals surface area contributed by atoms with Crippen molar-refractivity contribution in [2.45, 2.75) is 39.8 Å². The number of anilines is 1. The zero-order valence-corrected chi connectivity index (χ0v) is 15.7. The molecule has 9 heteroatoms. The summed E-state index contributed by atoms with van der Waals surface area (Å²) < 4.78 is 0. The number of hydrogen-bond donors (Lipinski definition) is 2. The molecule has 0 bridgehead atoms. The van der Waals surface area contributed by atoms with Crippen molar-refractivity contribution in [3.05, 3.63) is 40.2 Å². The standard InChI is InChI=1S/C7H10ClN3.C4H2Cl2N2.C3H9N/c1-5(2)11-7-3-6(8)9-4-10-7;5-3-1-4(6)8-2-7-3;1-3(2)4/h3-5H,1-2H3,(H,9,10,11);1-2H;3H,4H2,1-2H3. The normalized spacial score (nSPS) is 9.65. The molecule has 0 fully saturated rings. The van der Waals surface area contributed by atoms with Gasteiger partial charge in [0.05, 0.1) is 0 Å². The minimum absolute atomic E-state index is 0.333. The first-order chi connectivity index (χ1) is 10.7. The number of halogens is 3. The summed E-state index contributed by atoms with van der Waals surface area (Å²) in [6.45, 7) is 7.96. The van der Waals surface area contributed by atoms with Crippen LogP contribution >= 0.6 is 34.8 Å². The van der Waals surface area contributed by atoms with E-state index < -0.39 is 0 Å². The third-order valence-electron chi connectivity index (χ3n) is 1.67. The molecule has 0 saturated carbocycles. The van der Waals surface area contributed by atoms with Gasteiger partial charge >= 0.3 is 0 Å². The van der Waals surface area contributed by atoms with Crippen molar-refractivity contribution in [2.75, 3.05) is 5.32 Å². The van der Waals surface area contributed by atoms with Gasteiger partial charge in [0, 0.05) is 18.2 Å². The van der Waals surface area contributed by atoms with E-state index in [0.717, 1.165) is 5.82 Å². The summed E-state index contributed by atoms with van der Waals surface area (Å²) in [5, 5.41) is 4.30. The minimum Gasteiger partial charge on any atom is -0.368 e. The maximum Gasteiger partial charge on any atom is 0.134 e. The Balaban J connectivity index is 0.000000354. The Hall–Kier alpha value is -1.21. The van der Waals surface area contributed by atoms with Crippen LogP contribution in [-0.4, -0.2) is 32.0 Å². The monoisotopic (exact) mass is 378 g/mol. The molecule has 0 saturated heterocycles. The van der Waals surface area contributed by atoms with Crippen molar-refractivity contribution in [3.63, 3.8) is 0 Å². The van der Waals surface area contributed by atoms with Gasteiger partial charge in [-0.25, -0.2) is 19.9 Å². The second-order valence-corrected chi connectivity index (χ2v) is 6.09. The molecule has 3 N–H and O–H groups in total. The van der Waals surface area contributed by atoms with E-state index in [9.17, 15) is 0 Å². The van der Waals surface area contributed by atoms with Crippen LogP contribution in [0.15, 0.2) is 24.8 Å². The van der Waals surface area contributed by atoms with Gasteiger partial charge in [0.25, 0.3) is 0 Å². The van der Waals surface area contributed by atoms with Crippen LogP contribution in [-0.2, 0) is 0 Å². The van der Waals surface area contributed by atoms with Gasteiger partial charge in [-0.05, 0) is 19.9 Å². The van der Waals surface area contributed by atoms with Crippen molar-refractivity contribution in [1.82, 2.24) is 19.9 Å². The number of aromatic nitrogens is 4. The van der Waals surface area contributed by atoms with E-state index in [2.05, 4.69) is 25.3 Å². The Labute approximate surface area is 151 Å². The van der Waals surface area contributed by atoms with Crippen LogP contribution in [0.2, 0.25) is 15.5 Å². The van der Waals surface area contributed by atoms with E-state index in [4.69, 9.17) is 40.5 Å². The molecule has 2 aromatic heterocycles. The summed E-state index contributed by atoms with van der Waals surface area (Å²) in [6.07, 6.45) is 2.75. The molecule has 23 heavy (non-hydrogen) atoms. The highest BCUT2D eigenvalue weighted by Crippen LogP contribution is 2.09. The number of hydrogen-bond acceptors (Lipinski definition) is 6. The van der Waals surface area contributed by atoms with Gasteiger partial charge in [0.2, 0.25) is 0 Å². The van der Waals surface area contributed by atoms with Crippen molar-refractivity contribution in [3.8, 4) is 0 Å². The van der Waals surface area contributed by atoms with Crippen LogP contribution < -0.4 is 11.1 Å². The first kappa shape index (κ1) is 21.8. The molecule has 0 radical (unpaired) electrons. The molecule has 0 aliphatic carbocycles. The predicted molar refractivity (Wildman–Crippen MR) is 97.2 cm³/mol. The van der Waals surface area contributed by atoms with E-state index in [1.807, 2.05) is 27.7 Å². The average Bonchev–Trinajstić information content (AvgIpc) is 2.37. The highest BCUT2D eigenvalue weighted by Gasteiger charge is 1.96. The molecular weight excluding hydrogens is 359 g/mol. The van der Waals surface area contributed by atoms with E-state index in [1.165, 1.54) is 18.7 Å². The lowest BCUT2D eigenvalue weighted by molar-refractivity contribution is 0.834. The summed E-state index contributed by atoms with van der Waals surface area (Å²) >= 11 is 16.5. The molecule has 0 unspecified atom stereocenters. The minimum atomic E-state index is 0.333. The smallest absolute Gasteiger partial charge is 0.134 e. The van der Waals surface area contributed by atoms with E-state index in [0.29, 0.717) is 27.5 Å². The van der Waals surface area contributed by atoms with Crippen LogP contribution in [0.1, 0.15) is 27.7 Å². The fourth-order valence-corrected chi connectivity index (χ4v) is 1.52. The van der Waals surface area contributed by atoms with Gasteiger partial charge in [-0.3, -0.25) is 0 Å². The summed E-state index contributed by atoms with van der Waals surface area (Å²) in [4.78, 5) is 15.0. The quantitative estimate of drug-likeness (QED) is 0.764. The molecule has 128 valence electrons. The summed E-state index contributed by atoms with van der Waals surface area (Å²) in [5.41, 5.74) is 5.11. The first-order valence-corrected chi connectivity index (χ1v) is 7.96. The van der Waals surface area contributed by atoms with Gasteiger partial charge in [-0.15, -0.1) is 0 Å². The number of nitrogens with zero attached hydrogens (tertiary/aromatic N) is 4. The predicted octanol–water partition coefficient (Wildman–Crippen LogP) is 4.09. The molecule has 2 rings (SSSR count). The highest BCUT2D eigenvalue weighted by atomic mass is 35.5. The van der Waals surface area contributed by atoms with Crippen LogP contribution in [0.5, 0.6) is 0 Å². The van der Waals surface area contributed by atoms with Gasteiger partial charge in [0.1, 0.15) is 33.9 Å².